The van der Waals surface area contributed by atoms with Crippen LogP contribution in [0.2, 0.25) is 0 Å². The standard InChI is InChI=1S/C26H19N3O4/c1-33-18-8-11-22-20(14-18)21(25(30)27-22)12-16-4-9-19-23(28-29-24(19)13-16)10-5-15-2-6-17(7-3-15)26(31)32/h2-14,27,30H,1H3,(H,31,32)/b10-5+,16-12-. The average Bonchev–Trinajstić information content (AvgIpc) is 3.37. The Bertz CT molecular complexity index is 1580. The number of nitrogens with zero attached hydrogens (tertiary/aromatic N) is 2. The maximum atomic E-state index is 11.0. The third-order valence-electron chi connectivity index (χ3n) is 5.49. The van der Waals surface area contributed by atoms with Crippen molar-refractivity contribution in [2.24, 2.45) is 10.2 Å². The number of nitrogens with one attached hydrogen (secondary N) is 1. The number of hydrogen-bond acceptors (Lipinski definition) is 5. The fraction of sp³-hybridized carbons (Fsp3) is 0.0385. The van der Waals surface area contributed by atoms with Gasteiger partial charge in [-0.2, -0.15) is 0 Å². The maximum absolute atomic E-state index is 11.0. The molecular formula is C26H19N3O4. The van der Waals surface area contributed by atoms with Crippen LogP contribution in [0.4, 0.5) is 5.69 Å². The molecule has 1 aliphatic heterocycles. The number of aromatic nitrogens is 1. The van der Waals surface area contributed by atoms with E-state index in [1.54, 1.807) is 31.4 Å². The van der Waals surface area contributed by atoms with E-state index in [-0.39, 0.29) is 11.4 Å². The number of carboxylic acid groups (broad SMARTS) is 1. The molecule has 1 aromatic heterocycles. The highest BCUT2D eigenvalue weighted by Gasteiger charge is 2.11. The monoisotopic (exact) mass is 437 g/mol. The van der Waals surface area contributed by atoms with E-state index in [1.165, 1.54) is 0 Å². The number of carbonyl (C=O) groups is 1. The van der Waals surface area contributed by atoms with Crippen LogP contribution >= 0.6 is 0 Å². The van der Waals surface area contributed by atoms with Gasteiger partial charge in [-0.25, -0.2) is 4.79 Å². The zero-order chi connectivity index (χ0) is 22.9. The second kappa shape index (κ2) is 8.12. The number of benzene rings is 3. The molecule has 0 spiro atoms. The SMILES string of the molecule is COc1ccc2[nH]c(O)c(/C=c3/ccc4c(c3)N=NC=4/C=C/c3ccc(C(=O)O)cc3)c2c1. The summed E-state index contributed by atoms with van der Waals surface area (Å²) >= 11 is 0. The smallest absolute Gasteiger partial charge is 0.335 e. The van der Waals surface area contributed by atoms with Crippen LogP contribution in [0.1, 0.15) is 21.5 Å². The van der Waals surface area contributed by atoms with Gasteiger partial charge in [0.05, 0.1) is 24.1 Å². The van der Waals surface area contributed by atoms with Gasteiger partial charge in [-0.1, -0.05) is 24.3 Å². The van der Waals surface area contributed by atoms with Gasteiger partial charge in [0.15, 0.2) is 5.88 Å². The van der Waals surface area contributed by atoms with E-state index in [4.69, 9.17) is 9.84 Å². The second-order valence-corrected chi connectivity index (χ2v) is 7.57. The predicted molar refractivity (Wildman–Crippen MR) is 126 cm³/mol. The highest BCUT2D eigenvalue weighted by Crippen LogP contribution is 2.30. The number of methoxy groups -OCH3 is 1. The van der Waals surface area contributed by atoms with Gasteiger partial charge in [0.1, 0.15) is 5.75 Å². The molecule has 1 aliphatic rings. The van der Waals surface area contributed by atoms with Gasteiger partial charge in [0, 0.05) is 21.7 Å². The molecule has 2 heterocycles. The molecule has 0 atom stereocenters. The van der Waals surface area contributed by atoms with Crippen LogP contribution in [0, 0.1) is 0 Å². The molecule has 0 bridgehead atoms. The lowest BCUT2D eigenvalue weighted by Gasteiger charge is -1.99. The minimum atomic E-state index is -0.953. The molecule has 0 saturated heterocycles. The summed E-state index contributed by atoms with van der Waals surface area (Å²) in [6, 6.07) is 18.0. The van der Waals surface area contributed by atoms with Crippen molar-refractivity contribution in [3.05, 3.63) is 93.9 Å². The van der Waals surface area contributed by atoms with Crippen molar-refractivity contribution >= 4 is 40.4 Å². The first-order chi connectivity index (χ1) is 16.0. The zero-order valence-electron chi connectivity index (χ0n) is 17.6. The minimum absolute atomic E-state index is 0.0875. The molecule has 33 heavy (non-hydrogen) atoms. The number of aromatic carboxylic acids is 1. The molecule has 0 unspecified atom stereocenters. The Kier molecular flexibility index (Phi) is 4.99. The van der Waals surface area contributed by atoms with Crippen molar-refractivity contribution in [1.29, 1.82) is 0 Å². The molecule has 4 aromatic rings. The summed E-state index contributed by atoms with van der Waals surface area (Å²) < 4.78 is 5.31. The van der Waals surface area contributed by atoms with E-state index in [0.717, 1.165) is 38.3 Å². The lowest BCUT2D eigenvalue weighted by Crippen LogP contribution is -2.08. The molecule has 0 radical (unpaired) electrons. The van der Waals surface area contributed by atoms with Crippen LogP contribution in [-0.4, -0.2) is 28.3 Å². The maximum Gasteiger partial charge on any atom is 0.335 e. The van der Waals surface area contributed by atoms with Crippen LogP contribution < -0.4 is 15.2 Å². The average molecular weight is 437 g/mol. The first-order valence-electron chi connectivity index (χ1n) is 10.2. The Labute approximate surface area is 188 Å². The van der Waals surface area contributed by atoms with Crippen molar-refractivity contribution < 1.29 is 19.7 Å². The molecule has 0 saturated carbocycles. The van der Waals surface area contributed by atoms with E-state index in [1.807, 2.05) is 54.6 Å². The summed E-state index contributed by atoms with van der Waals surface area (Å²) in [5.41, 5.74) is 4.06. The summed E-state index contributed by atoms with van der Waals surface area (Å²) in [4.78, 5) is 14.0. The van der Waals surface area contributed by atoms with Gasteiger partial charge < -0.3 is 19.9 Å². The lowest BCUT2D eigenvalue weighted by molar-refractivity contribution is 0.0697. The molecule has 7 nitrogen and oxygen atoms in total. The highest BCUT2D eigenvalue weighted by atomic mass is 16.5. The fourth-order valence-electron chi connectivity index (χ4n) is 3.75. The van der Waals surface area contributed by atoms with E-state index in [0.29, 0.717) is 11.3 Å². The molecule has 0 fully saturated rings. The van der Waals surface area contributed by atoms with Crippen LogP contribution in [0.3, 0.4) is 0 Å². The number of rotatable bonds is 5. The number of aromatic hydroxyl groups is 1. The lowest BCUT2D eigenvalue weighted by atomic mass is 10.1. The number of H-pyrrole nitrogens is 1. The minimum Gasteiger partial charge on any atom is -0.497 e. The van der Waals surface area contributed by atoms with Gasteiger partial charge >= 0.3 is 5.97 Å². The Balaban J connectivity index is 1.50. The molecule has 0 aliphatic carbocycles. The van der Waals surface area contributed by atoms with Gasteiger partial charge in [-0.05, 0) is 65.4 Å². The van der Waals surface area contributed by atoms with Crippen molar-refractivity contribution in [1.82, 2.24) is 4.98 Å². The predicted octanol–water partition coefficient (Wildman–Crippen LogP) is 4.33. The van der Waals surface area contributed by atoms with Crippen LogP contribution in [0.5, 0.6) is 11.6 Å². The summed E-state index contributed by atoms with van der Waals surface area (Å²) in [6.45, 7) is 0. The van der Waals surface area contributed by atoms with Gasteiger partial charge in [0.25, 0.3) is 0 Å². The third-order valence-corrected chi connectivity index (χ3v) is 5.49. The molecule has 5 rings (SSSR count). The summed E-state index contributed by atoms with van der Waals surface area (Å²) in [5.74, 6) is -0.155. The van der Waals surface area contributed by atoms with Gasteiger partial charge in [-0.15, -0.1) is 10.2 Å². The zero-order valence-corrected chi connectivity index (χ0v) is 17.6. The number of ether oxygens (including phenoxy) is 1. The van der Waals surface area contributed by atoms with Crippen molar-refractivity contribution in [3.63, 3.8) is 0 Å². The molecular weight excluding hydrogens is 418 g/mol. The molecule has 162 valence electrons. The quantitative estimate of drug-likeness (QED) is 0.432. The summed E-state index contributed by atoms with van der Waals surface area (Å²) in [5, 5.41) is 30.6. The number of fused-ring (bicyclic) bond motifs is 2. The van der Waals surface area contributed by atoms with Gasteiger partial charge in [-0.3, -0.25) is 0 Å². The highest BCUT2D eigenvalue weighted by molar-refractivity contribution is 5.93. The molecule has 3 N–H and O–H groups in total. The molecule has 3 aromatic carbocycles. The number of hydrogen-bond donors (Lipinski definition) is 3. The Morgan fingerprint density at radius 3 is 2.58 bits per heavy atom. The van der Waals surface area contributed by atoms with Crippen LogP contribution in [0.25, 0.3) is 28.8 Å². The molecule has 0 amide bonds. The molecule has 7 heteroatoms. The normalized spacial score (nSPS) is 13.2. The second-order valence-electron chi connectivity index (χ2n) is 7.57. The van der Waals surface area contributed by atoms with Crippen LogP contribution in [-0.2, 0) is 0 Å². The number of azo groups is 1. The van der Waals surface area contributed by atoms with Gasteiger partial charge in [0.2, 0.25) is 0 Å². The van der Waals surface area contributed by atoms with E-state index in [2.05, 4.69) is 15.2 Å². The summed E-state index contributed by atoms with van der Waals surface area (Å²) in [6.07, 6.45) is 5.61. The Hall–Kier alpha value is -4.65. The first-order valence-corrected chi connectivity index (χ1v) is 10.2. The Morgan fingerprint density at radius 1 is 1.00 bits per heavy atom. The van der Waals surface area contributed by atoms with E-state index < -0.39 is 5.97 Å². The number of carboxylic acids is 1. The van der Waals surface area contributed by atoms with E-state index in [9.17, 15) is 9.90 Å². The summed E-state index contributed by atoms with van der Waals surface area (Å²) in [7, 11) is 1.61. The van der Waals surface area contributed by atoms with Crippen LogP contribution in [0.15, 0.2) is 77.0 Å². The largest absolute Gasteiger partial charge is 0.497 e. The Morgan fingerprint density at radius 2 is 1.82 bits per heavy atom. The van der Waals surface area contributed by atoms with Crippen molar-refractivity contribution in [2.45, 2.75) is 0 Å². The first kappa shape index (κ1) is 20.3. The van der Waals surface area contributed by atoms with E-state index >= 15 is 0 Å². The fourth-order valence-corrected chi connectivity index (χ4v) is 3.75. The van der Waals surface area contributed by atoms with Crippen molar-refractivity contribution in [2.75, 3.05) is 7.11 Å². The topological polar surface area (TPSA) is 107 Å². The third kappa shape index (κ3) is 3.87. The number of aromatic amines is 1. The van der Waals surface area contributed by atoms with Crippen molar-refractivity contribution in [3.8, 4) is 11.6 Å².